The second-order valence-corrected chi connectivity index (χ2v) is 4.68. The molecule has 3 N–H and O–H groups in total. The standard InChI is InChI=1S/C12H17NO3S/c13-11(12(14)15)9-17-8-4-7-16-10-5-2-1-3-6-10/h1-3,5-6,11H,4,7-9,13H2,(H,14,15)/t11-/m1/s1. The zero-order valence-corrected chi connectivity index (χ0v) is 10.4. The summed E-state index contributed by atoms with van der Waals surface area (Å²) in [5.41, 5.74) is 5.37. The second kappa shape index (κ2) is 7.97. The fourth-order valence-corrected chi connectivity index (χ4v) is 2.03. The van der Waals surface area contributed by atoms with E-state index in [9.17, 15) is 4.79 Å². The molecule has 4 nitrogen and oxygen atoms in total. The number of para-hydroxylation sites is 1. The number of nitrogens with two attached hydrogens (primary N) is 1. The van der Waals surface area contributed by atoms with Crippen LogP contribution >= 0.6 is 11.8 Å². The number of carboxylic acids is 1. The van der Waals surface area contributed by atoms with Crippen LogP contribution < -0.4 is 10.5 Å². The third kappa shape index (κ3) is 6.19. The van der Waals surface area contributed by atoms with Gasteiger partial charge in [-0.3, -0.25) is 4.79 Å². The molecule has 0 saturated carbocycles. The Bertz CT molecular complexity index is 332. The van der Waals surface area contributed by atoms with Gasteiger partial charge >= 0.3 is 5.97 Å². The maximum absolute atomic E-state index is 10.4. The predicted molar refractivity (Wildman–Crippen MR) is 69.5 cm³/mol. The van der Waals surface area contributed by atoms with Crippen molar-refractivity contribution in [3.8, 4) is 5.75 Å². The molecule has 0 aromatic heterocycles. The molecule has 0 spiro atoms. The lowest BCUT2D eigenvalue weighted by molar-refractivity contribution is -0.137. The molecule has 0 saturated heterocycles. The molecule has 0 aliphatic rings. The minimum absolute atomic E-state index is 0.445. The summed E-state index contributed by atoms with van der Waals surface area (Å²) in [5.74, 6) is 1.21. The van der Waals surface area contributed by atoms with E-state index in [4.69, 9.17) is 15.6 Å². The highest BCUT2D eigenvalue weighted by Gasteiger charge is 2.10. The number of hydrogen-bond acceptors (Lipinski definition) is 4. The summed E-state index contributed by atoms with van der Waals surface area (Å²) in [5, 5.41) is 8.57. The third-order valence-corrected chi connectivity index (χ3v) is 3.23. The van der Waals surface area contributed by atoms with E-state index >= 15 is 0 Å². The Hall–Kier alpha value is -1.20. The van der Waals surface area contributed by atoms with Crippen molar-refractivity contribution in [2.75, 3.05) is 18.1 Å². The minimum Gasteiger partial charge on any atom is -0.494 e. The Morgan fingerprint density at radius 3 is 2.76 bits per heavy atom. The van der Waals surface area contributed by atoms with Gasteiger partial charge in [0.15, 0.2) is 0 Å². The Labute approximate surface area is 105 Å². The van der Waals surface area contributed by atoms with E-state index in [0.717, 1.165) is 17.9 Å². The fourth-order valence-electron chi connectivity index (χ4n) is 1.15. The number of aliphatic carboxylic acids is 1. The predicted octanol–water partition coefficient (Wildman–Crippen LogP) is 1.60. The van der Waals surface area contributed by atoms with Crippen molar-refractivity contribution >= 4 is 17.7 Å². The molecule has 5 heteroatoms. The number of carboxylic acid groups (broad SMARTS) is 1. The maximum atomic E-state index is 10.4. The Kier molecular flexibility index (Phi) is 6.50. The van der Waals surface area contributed by atoms with E-state index < -0.39 is 12.0 Å². The molecule has 0 radical (unpaired) electrons. The highest BCUT2D eigenvalue weighted by Crippen LogP contribution is 2.10. The number of thioether (sulfide) groups is 1. The van der Waals surface area contributed by atoms with Crippen LogP contribution in [0.2, 0.25) is 0 Å². The van der Waals surface area contributed by atoms with Gasteiger partial charge in [0, 0.05) is 5.75 Å². The summed E-state index contributed by atoms with van der Waals surface area (Å²) in [6.45, 7) is 0.638. The van der Waals surface area contributed by atoms with E-state index in [1.807, 2.05) is 30.3 Å². The van der Waals surface area contributed by atoms with Gasteiger partial charge in [0.1, 0.15) is 11.8 Å². The number of benzene rings is 1. The maximum Gasteiger partial charge on any atom is 0.321 e. The fraction of sp³-hybridized carbons (Fsp3) is 0.417. The summed E-state index contributed by atoms with van der Waals surface area (Å²) in [6, 6.07) is 8.85. The van der Waals surface area contributed by atoms with Gasteiger partial charge in [0.25, 0.3) is 0 Å². The zero-order valence-electron chi connectivity index (χ0n) is 9.54. The molecule has 0 amide bonds. The second-order valence-electron chi connectivity index (χ2n) is 3.53. The van der Waals surface area contributed by atoms with Crippen LogP contribution in [-0.2, 0) is 4.79 Å². The average molecular weight is 255 g/mol. The van der Waals surface area contributed by atoms with E-state index in [1.165, 1.54) is 11.8 Å². The molecule has 94 valence electrons. The lowest BCUT2D eigenvalue weighted by Crippen LogP contribution is -2.32. The van der Waals surface area contributed by atoms with Gasteiger partial charge in [-0.2, -0.15) is 11.8 Å². The molecule has 0 unspecified atom stereocenters. The minimum atomic E-state index is -0.946. The lowest BCUT2D eigenvalue weighted by atomic mass is 10.3. The first kappa shape index (κ1) is 13.9. The van der Waals surface area contributed by atoms with E-state index in [1.54, 1.807) is 0 Å². The molecule has 1 aromatic carbocycles. The Morgan fingerprint density at radius 1 is 1.41 bits per heavy atom. The quantitative estimate of drug-likeness (QED) is 0.690. The van der Waals surface area contributed by atoms with Gasteiger partial charge in [-0.25, -0.2) is 0 Å². The molecule has 1 atom stereocenters. The van der Waals surface area contributed by atoms with Crippen molar-refractivity contribution in [3.63, 3.8) is 0 Å². The summed E-state index contributed by atoms with van der Waals surface area (Å²) in [4.78, 5) is 10.4. The van der Waals surface area contributed by atoms with E-state index in [0.29, 0.717) is 12.4 Å². The van der Waals surface area contributed by atoms with Crippen LogP contribution in [0.3, 0.4) is 0 Å². The van der Waals surface area contributed by atoms with Gasteiger partial charge in [0.05, 0.1) is 6.61 Å². The van der Waals surface area contributed by atoms with Gasteiger partial charge in [-0.05, 0) is 24.3 Å². The Balaban J connectivity index is 2.00. The van der Waals surface area contributed by atoms with Crippen LogP contribution in [0.25, 0.3) is 0 Å². The first-order chi connectivity index (χ1) is 8.20. The van der Waals surface area contributed by atoms with Gasteiger partial charge < -0.3 is 15.6 Å². The third-order valence-electron chi connectivity index (χ3n) is 2.06. The van der Waals surface area contributed by atoms with Crippen molar-refractivity contribution < 1.29 is 14.6 Å². The molecular weight excluding hydrogens is 238 g/mol. The van der Waals surface area contributed by atoms with Crippen LogP contribution in [0.15, 0.2) is 30.3 Å². The summed E-state index contributed by atoms with van der Waals surface area (Å²) in [6.07, 6.45) is 0.881. The number of hydrogen-bond donors (Lipinski definition) is 2. The van der Waals surface area contributed by atoms with Gasteiger partial charge in [-0.15, -0.1) is 0 Å². The van der Waals surface area contributed by atoms with Crippen LogP contribution in [-0.4, -0.2) is 35.2 Å². The molecule has 0 bridgehead atoms. The van der Waals surface area contributed by atoms with E-state index in [-0.39, 0.29) is 0 Å². The monoisotopic (exact) mass is 255 g/mol. The van der Waals surface area contributed by atoms with Gasteiger partial charge in [-0.1, -0.05) is 18.2 Å². The number of ether oxygens (including phenoxy) is 1. The highest BCUT2D eigenvalue weighted by molar-refractivity contribution is 7.99. The summed E-state index contributed by atoms with van der Waals surface area (Å²) < 4.78 is 5.50. The van der Waals surface area contributed by atoms with Crippen molar-refractivity contribution in [1.29, 1.82) is 0 Å². The molecule has 1 aromatic rings. The van der Waals surface area contributed by atoms with Crippen LogP contribution in [0.4, 0.5) is 0 Å². The molecule has 0 aliphatic carbocycles. The summed E-state index contributed by atoms with van der Waals surface area (Å²) >= 11 is 1.54. The lowest BCUT2D eigenvalue weighted by Gasteiger charge is -2.07. The SMILES string of the molecule is N[C@H](CSCCCOc1ccccc1)C(=O)O. The van der Waals surface area contributed by atoms with E-state index in [2.05, 4.69) is 0 Å². The largest absolute Gasteiger partial charge is 0.494 e. The van der Waals surface area contributed by atoms with Crippen LogP contribution in [0, 0.1) is 0 Å². The van der Waals surface area contributed by atoms with Gasteiger partial charge in [0.2, 0.25) is 0 Å². The van der Waals surface area contributed by atoms with Crippen molar-refractivity contribution in [2.24, 2.45) is 5.73 Å². The smallest absolute Gasteiger partial charge is 0.321 e. The number of rotatable bonds is 8. The molecule has 0 aliphatic heterocycles. The van der Waals surface area contributed by atoms with Crippen LogP contribution in [0.1, 0.15) is 6.42 Å². The van der Waals surface area contributed by atoms with Crippen molar-refractivity contribution in [3.05, 3.63) is 30.3 Å². The molecule has 17 heavy (non-hydrogen) atoms. The topological polar surface area (TPSA) is 72.5 Å². The normalized spacial score (nSPS) is 12.1. The first-order valence-electron chi connectivity index (χ1n) is 5.44. The van der Waals surface area contributed by atoms with Crippen molar-refractivity contribution in [2.45, 2.75) is 12.5 Å². The molecule has 1 rings (SSSR count). The van der Waals surface area contributed by atoms with Crippen molar-refractivity contribution in [1.82, 2.24) is 0 Å². The first-order valence-corrected chi connectivity index (χ1v) is 6.59. The number of carbonyl (C=O) groups is 1. The average Bonchev–Trinajstić information content (AvgIpc) is 2.34. The highest BCUT2D eigenvalue weighted by atomic mass is 32.2. The Morgan fingerprint density at radius 2 is 2.12 bits per heavy atom. The van der Waals surface area contributed by atoms with Crippen LogP contribution in [0.5, 0.6) is 5.75 Å². The molecule has 0 heterocycles. The zero-order chi connectivity index (χ0) is 12.5. The summed E-state index contributed by atoms with van der Waals surface area (Å²) in [7, 11) is 0. The molecular formula is C12H17NO3S. The molecule has 0 fully saturated rings.